The molecule has 1 aliphatic carbocycles. The maximum Gasteiger partial charge on any atom is 0.271 e. The van der Waals surface area contributed by atoms with Crippen molar-refractivity contribution >= 4 is 5.91 Å². The molecule has 1 saturated carbocycles. The lowest BCUT2D eigenvalue weighted by Crippen LogP contribution is -2.36. The highest BCUT2D eigenvalue weighted by molar-refractivity contribution is 5.92. The number of imidazole rings is 1. The van der Waals surface area contributed by atoms with Gasteiger partial charge in [-0.25, -0.2) is 4.98 Å². The van der Waals surface area contributed by atoms with E-state index in [2.05, 4.69) is 20.9 Å². The van der Waals surface area contributed by atoms with Gasteiger partial charge in [0.05, 0.1) is 14.2 Å². The van der Waals surface area contributed by atoms with Gasteiger partial charge in [-0.2, -0.15) is 0 Å². The van der Waals surface area contributed by atoms with E-state index in [1.54, 1.807) is 14.2 Å². The molecule has 4 rings (SSSR count). The van der Waals surface area contributed by atoms with Crippen molar-refractivity contribution in [1.82, 2.24) is 14.9 Å². The van der Waals surface area contributed by atoms with E-state index in [1.165, 1.54) is 24.8 Å². The van der Waals surface area contributed by atoms with Gasteiger partial charge >= 0.3 is 0 Å². The summed E-state index contributed by atoms with van der Waals surface area (Å²) >= 11 is 0. The lowest BCUT2D eigenvalue weighted by Gasteiger charge is -2.25. The number of methoxy groups -OCH3 is 2. The highest BCUT2D eigenvalue weighted by Gasteiger charge is 2.26. The summed E-state index contributed by atoms with van der Waals surface area (Å²) in [6.45, 7) is 0.807. The van der Waals surface area contributed by atoms with Gasteiger partial charge in [0.2, 0.25) is 0 Å². The number of fused-ring (bicyclic) bond motifs is 1. The van der Waals surface area contributed by atoms with Crippen molar-refractivity contribution in [2.75, 3.05) is 14.2 Å². The number of aryl methyl sites for hydroxylation is 1. The van der Waals surface area contributed by atoms with Crippen LogP contribution in [0.4, 0.5) is 0 Å². The van der Waals surface area contributed by atoms with E-state index >= 15 is 0 Å². The van der Waals surface area contributed by atoms with Crippen LogP contribution in [-0.2, 0) is 13.0 Å². The van der Waals surface area contributed by atoms with E-state index in [-0.39, 0.29) is 5.91 Å². The fourth-order valence-electron chi connectivity index (χ4n) is 4.47. The first-order chi connectivity index (χ1) is 13.7. The molecule has 1 aromatic carbocycles. The second-order valence-electron chi connectivity index (χ2n) is 7.85. The van der Waals surface area contributed by atoms with Crippen molar-refractivity contribution < 1.29 is 14.3 Å². The van der Waals surface area contributed by atoms with Crippen LogP contribution in [0, 0.1) is 0 Å². The lowest BCUT2D eigenvalue weighted by atomic mass is 9.91. The molecule has 1 aliphatic heterocycles. The van der Waals surface area contributed by atoms with Crippen molar-refractivity contribution in [2.45, 2.75) is 63.5 Å². The van der Waals surface area contributed by atoms with Crippen molar-refractivity contribution in [3.8, 4) is 11.5 Å². The third-order valence-corrected chi connectivity index (χ3v) is 6.05. The Morgan fingerprint density at radius 3 is 2.71 bits per heavy atom. The van der Waals surface area contributed by atoms with Crippen LogP contribution in [0.3, 0.4) is 0 Å². The molecule has 0 spiro atoms. The van der Waals surface area contributed by atoms with Crippen LogP contribution in [0.5, 0.6) is 11.5 Å². The molecule has 0 bridgehead atoms. The standard InChI is InChI=1S/C22H29N3O3/c1-27-17-9-10-18(20(12-17)28-2)15-8-11-21-24-19(14-25(21)13-15)22(26)23-16-6-4-3-5-7-16/h9-10,12,14-16H,3-8,11,13H2,1-2H3,(H,23,26)/t15-/m0/s1. The normalized spacial score (nSPS) is 19.7. The Hall–Kier alpha value is -2.50. The molecule has 0 radical (unpaired) electrons. The molecule has 1 amide bonds. The molecule has 1 N–H and O–H groups in total. The number of hydrogen-bond donors (Lipinski definition) is 1. The summed E-state index contributed by atoms with van der Waals surface area (Å²) < 4.78 is 13.0. The summed E-state index contributed by atoms with van der Waals surface area (Å²) in [5, 5.41) is 3.17. The van der Waals surface area contributed by atoms with Crippen LogP contribution in [0.25, 0.3) is 0 Å². The third kappa shape index (κ3) is 3.86. The second kappa shape index (κ2) is 8.25. The number of nitrogens with one attached hydrogen (secondary N) is 1. The number of rotatable bonds is 5. The average molecular weight is 383 g/mol. The van der Waals surface area contributed by atoms with Gasteiger partial charge < -0.3 is 19.4 Å². The molecule has 0 saturated heterocycles. The molecule has 1 fully saturated rings. The molecule has 6 heteroatoms. The van der Waals surface area contributed by atoms with E-state index in [4.69, 9.17) is 9.47 Å². The largest absolute Gasteiger partial charge is 0.497 e. The summed E-state index contributed by atoms with van der Waals surface area (Å²) in [6.07, 6.45) is 9.61. The predicted octanol–water partition coefficient (Wildman–Crippen LogP) is 3.69. The van der Waals surface area contributed by atoms with Gasteiger partial charge in [-0.15, -0.1) is 0 Å². The number of nitrogens with zero attached hydrogens (tertiary/aromatic N) is 2. The topological polar surface area (TPSA) is 65.4 Å². The zero-order chi connectivity index (χ0) is 19.5. The number of hydrogen-bond acceptors (Lipinski definition) is 4. The van der Waals surface area contributed by atoms with E-state index in [0.29, 0.717) is 17.7 Å². The Bertz CT molecular complexity index is 840. The third-order valence-electron chi connectivity index (χ3n) is 6.05. The van der Waals surface area contributed by atoms with Crippen LogP contribution in [0.2, 0.25) is 0 Å². The summed E-state index contributed by atoms with van der Waals surface area (Å²) in [5.41, 5.74) is 1.72. The average Bonchev–Trinajstić information content (AvgIpc) is 3.17. The lowest BCUT2D eigenvalue weighted by molar-refractivity contribution is 0.0923. The number of amides is 1. The Morgan fingerprint density at radius 2 is 1.96 bits per heavy atom. The first kappa shape index (κ1) is 18.8. The number of benzene rings is 1. The van der Waals surface area contributed by atoms with Crippen LogP contribution in [0.1, 0.15) is 66.3 Å². The molecule has 150 valence electrons. The SMILES string of the molecule is COc1ccc([C@H]2CCc3nc(C(=O)NC4CCCCC4)cn3C2)c(OC)c1. The summed E-state index contributed by atoms with van der Waals surface area (Å²) in [7, 11) is 3.35. The van der Waals surface area contributed by atoms with Crippen molar-refractivity contribution in [1.29, 1.82) is 0 Å². The number of aromatic nitrogens is 2. The Morgan fingerprint density at radius 1 is 1.14 bits per heavy atom. The van der Waals surface area contributed by atoms with E-state index in [9.17, 15) is 4.79 Å². The van der Waals surface area contributed by atoms with Crippen LogP contribution in [-0.4, -0.2) is 35.7 Å². The van der Waals surface area contributed by atoms with E-state index < -0.39 is 0 Å². The summed E-state index contributed by atoms with van der Waals surface area (Å²) in [5.74, 6) is 2.94. The van der Waals surface area contributed by atoms with Gasteiger partial charge in [-0.3, -0.25) is 4.79 Å². The molecule has 6 nitrogen and oxygen atoms in total. The summed E-state index contributed by atoms with van der Waals surface area (Å²) in [6, 6.07) is 6.30. The number of carbonyl (C=O) groups is 1. The monoisotopic (exact) mass is 383 g/mol. The van der Waals surface area contributed by atoms with Gasteiger partial charge in [-0.05, 0) is 30.9 Å². The van der Waals surface area contributed by atoms with Gasteiger partial charge in [0.15, 0.2) is 0 Å². The van der Waals surface area contributed by atoms with E-state index in [0.717, 1.165) is 49.6 Å². The van der Waals surface area contributed by atoms with Crippen LogP contribution < -0.4 is 14.8 Å². The maximum absolute atomic E-state index is 12.6. The molecule has 1 atom stereocenters. The first-order valence-corrected chi connectivity index (χ1v) is 10.3. The second-order valence-corrected chi connectivity index (χ2v) is 7.85. The van der Waals surface area contributed by atoms with Gasteiger partial charge in [0, 0.05) is 37.2 Å². The number of ether oxygens (including phenoxy) is 2. The molecule has 2 aliphatic rings. The molecular formula is C22H29N3O3. The summed E-state index contributed by atoms with van der Waals surface area (Å²) in [4.78, 5) is 17.2. The molecule has 2 aromatic rings. The molecule has 1 aromatic heterocycles. The molecular weight excluding hydrogens is 354 g/mol. The molecule has 2 heterocycles. The van der Waals surface area contributed by atoms with Crippen molar-refractivity contribution in [3.05, 3.63) is 41.5 Å². The highest BCUT2D eigenvalue weighted by atomic mass is 16.5. The van der Waals surface area contributed by atoms with Crippen molar-refractivity contribution in [2.24, 2.45) is 0 Å². The fraction of sp³-hybridized carbons (Fsp3) is 0.545. The van der Waals surface area contributed by atoms with Gasteiger partial charge in [0.25, 0.3) is 5.91 Å². The molecule has 0 unspecified atom stereocenters. The van der Waals surface area contributed by atoms with Gasteiger partial charge in [-0.1, -0.05) is 25.3 Å². The Labute approximate surface area is 166 Å². The minimum atomic E-state index is -0.0348. The highest BCUT2D eigenvalue weighted by Crippen LogP contribution is 2.36. The predicted molar refractivity (Wildman–Crippen MR) is 107 cm³/mol. The van der Waals surface area contributed by atoms with Crippen LogP contribution >= 0.6 is 0 Å². The zero-order valence-electron chi connectivity index (χ0n) is 16.7. The smallest absolute Gasteiger partial charge is 0.271 e. The maximum atomic E-state index is 12.6. The van der Waals surface area contributed by atoms with Crippen molar-refractivity contribution in [3.63, 3.8) is 0 Å². The minimum Gasteiger partial charge on any atom is -0.497 e. The Kier molecular flexibility index (Phi) is 5.55. The van der Waals surface area contributed by atoms with E-state index in [1.807, 2.05) is 18.3 Å². The molecule has 28 heavy (non-hydrogen) atoms. The quantitative estimate of drug-likeness (QED) is 0.855. The van der Waals surface area contributed by atoms with Gasteiger partial charge in [0.1, 0.15) is 23.0 Å². The zero-order valence-corrected chi connectivity index (χ0v) is 16.7. The first-order valence-electron chi connectivity index (χ1n) is 10.3. The minimum absolute atomic E-state index is 0.0348. The fourth-order valence-corrected chi connectivity index (χ4v) is 4.47. The number of carbonyl (C=O) groups excluding carboxylic acids is 1. The van der Waals surface area contributed by atoms with Crippen LogP contribution in [0.15, 0.2) is 24.4 Å². The Balaban J connectivity index is 1.48.